The van der Waals surface area contributed by atoms with Gasteiger partial charge in [-0.25, -0.2) is 8.42 Å². The van der Waals surface area contributed by atoms with Crippen LogP contribution in [-0.2, 0) is 16.4 Å². The molecule has 0 radical (unpaired) electrons. The summed E-state index contributed by atoms with van der Waals surface area (Å²) < 4.78 is 24.7. The molecule has 1 aromatic carbocycles. The van der Waals surface area contributed by atoms with Crippen molar-refractivity contribution >= 4 is 9.84 Å². The Hall–Kier alpha value is -0.950. The van der Waals surface area contributed by atoms with Gasteiger partial charge in [-0.3, -0.25) is 0 Å². The van der Waals surface area contributed by atoms with Crippen LogP contribution < -0.4 is 5.73 Å². The van der Waals surface area contributed by atoms with Crippen molar-refractivity contribution in [2.24, 2.45) is 5.73 Å². The summed E-state index contributed by atoms with van der Waals surface area (Å²) in [7, 11) is -3.28. The lowest BCUT2D eigenvalue weighted by Gasteiger charge is -2.35. The first kappa shape index (κ1) is 16.4. The molecule has 0 unspecified atom stereocenters. The molecule has 1 aromatic rings. The number of piperidine rings is 1. The van der Waals surface area contributed by atoms with E-state index in [1.165, 1.54) is 0 Å². The average Bonchev–Trinajstić information content (AvgIpc) is 2.46. The van der Waals surface area contributed by atoms with Crippen molar-refractivity contribution in [2.45, 2.75) is 36.8 Å². The topological polar surface area (TPSA) is 83.6 Å². The number of hydrogen-bond acceptors (Lipinski definition) is 5. The highest BCUT2D eigenvalue weighted by Gasteiger charge is 2.28. The molecule has 0 aromatic heterocycles. The van der Waals surface area contributed by atoms with Gasteiger partial charge in [-0.05, 0) is 37.5 Å². The zero-order chi connectivity index (χ0) is 15.5. The number of hydrogen-bond donors (Lipinski definition) is 2. The first-order chi connectivity index (χ1) is 9.82. The molecule has 118 valence electrons. The minimum absolute atomic E-state index is 0.100. The van der Waals surface area contributed by atoms with E-state index in [4.69, 9.17) is 5.73 Å². The molecule has 6 heteroatoms. The van der Waals surface area contributed by atoms with E-state index < -0.39 is 15.4 Å². The summed E-state index contributed by atoms with van der Waals surface area (Å²) in [6, 6.07) is 6.82. The zero-order valence-corrected chi connectivity index (χ0v) is 13.3. The second kappa shape index (κ2) is 6.44. The van der Waals surface area contributed by atoms with E-state index in [0.29, 0.717) is 30.8 Å². The normalized spacial score (nSPS) is 19.6. The van der Waals surface area contributed by atoms with Crippen molar-refractivity contribution in [3.05, 3.63) is 29.8 Å². The fraction of sp³-hybridized carbons (Fsp3) is 0.600. The lowest BCUT2D eigenvalue weighted by Crippen LogP contribution is -2.43. The monoisotopic (exact) mass is 312 g/mol. The Balaban J connectivity index is 1.95. The van der Waals surface area contributed by atoms with Crippen molar-refractivity contribution in [3.63, 3.8) is 0 Å². The highest BCUT2D eigenvalue weighted by molar-refractivity contribution is 7.91. The standard InChI is InChI=1S/C15H24N2O3S/c1-15(18)5-7-17(8-6-15)9-10-21(19,20)14-4-2-3-13(11-14)12-16/h2-4,11,18H,5-10,12,16H2,1H3. The molecule has 21 heavy (non-hydrogen) atoms. The molecule has 0 aliphatic carbocycles. The molecule has 0 atom stereocenters. The molecule has 1 fully saturated rings. The van der Waals surface area contributed by atoms with E-state index in [-0.39, 0.29) is 5.75 Å². The lowest BCUT2D eigenvalue weighted by molar-refractivity contribution is -0.00372. The number of nitrogens with two attached hydrogens (primary N) is 1. The highest BCUT2D eigenvalue weighted by atomic mass is 32.2. The molecule has 1 saturated heterocycles. The van der Waals surface area contributed by atoms with Gasteiger partial charge in [0.2, 0.25) is 0 Å². The molecule has 2 rings (SSSR count). The molecule has 0 amide bonds. The molecule has 3 N–H and O–H groups in total. The number of benzene rings is 1. The fourth-order valence-corrected chi connectivity index (χ4v) is 3.84. The highest BCUT2D eigenvalue weighted by Crippen LogP contribution is 2.21. The van der Waals surface area contributed by atoms with Crippen molar-refractivity contribution < 1.29 is 13.5 Å². The molecule has 1 heterocycles. The summed E-state index contributed by atoms with van der Waals surface area (Å²) in [5, 5.41) is 9.90. The number of nitrogens with zero attached hydrogens (tertiary/aromatic N) is 1. The van der Waals surface area contributed by atoms with Gasteiger partial charge in [-0.15, -0.1) is 0 Å². The third-order valence-electron chi connectivity index (χ3n) is 4.10. The molecule has 1 aliphatic rings. The largest absolute Gasteiger partial charge is 0.390 e. The summed E-state index contributed by atoms with van der Waals surface area (Å²) in [5.74, 6) is 0.100. The van der Waals surface area contributed by atoms with Gasteiger partial charge in [0, 0.05) is 26.2 Å². The van der Waals surface area contributed by atoms with Crippen LogP contribution in [0.4, 0.5) is 0 Å². The van der Waals surface area contributed by atoms with Gasteiger partial charge >= 0.3 is 0 Å². The van der Waals surface area contributed by atoms with Crippen LogP contribution in [0.3, 0.4) is 0 Å². The number of rotatable bonds is 5. The summed E-state index contributed by atoms with van der Waals surface area (Å²) in [5.41, 5.74) is 5.77. The number of sulfone groups is 1. The summed E-state index contributed by atoms with van der Waals surface area (Å²) >= 11 is 0. The van der Waals surface area contributed by atoms with Gasteiger partial charge in [0.25, 0.3) is 0 Å². The van der Waals surface area contributed by atoms with Gasteiger partial charge < -0.3 is 15.7 Å². The Morgan fingerprint density at radius 1 is 1.33 bits per heavy atom. The SMILES string of the molecule is CC1(O)CCN(CCS(=O)(=O)c2cccc(CN)c2)CC1. The molecule has 1 aliphatic heterocycles. The van der Waals surface area contributed by atoms with E-state index in [1.54, 1.807) is 18.2 Å². The molecule has 0 bridgehead atoms. The quantitative estimate of drug-likeness (QED) is 0.839. The van der Waals surface area contributed by atoms with Gasteiger partial charge in [0.05, 0.1) is 16.2 Å². The predicted molar refractivity (Wildman–Crippen MR) is 82.7 cm³/mol. The van der Waals surface area contributed by atoms with Crippen molar-refractivity contribution in [3.8, 4) is 0 Å². The Labute approximate surface area is 126 Å². The minimum atomic E-state index is -3.28. The first-order valence-corrected chi connectivity index (χ1v) is 8.94. The molecule has 0 saturated carbocycles. The predicted octanol–water partition coefficient (Wildman–Crippen LogP) is 0.766. The Kier molecular flexibility index (Phi) is 5.03. The van der Waals surface area contributed by atoms with E-state index in [2.05, 4.69) is 4.90 Å². The van der Waals surface area contributed by atoms with E-state index >= 15 is 0 Å². The van der Waals surface area contributed by atoms with Crippen molar-refractivity contribution in [1.29, 1.82) is 0 Å². The third kappa shape index (κ3) is 4.51. The van der Waals surface area contributed by atoms with E-state index in [1.807, 2.05) is 13.0 Å². The Morgan fingerprint density at radius 3 is 2.62 bits per heavy atom. The fourth-order valence-electron chi connectivity index (χ4n) is 2.49. The maximum atomic E-state index is 12.4. The van der Waals surface area contributed by atoms with Crippen LogP contribution in [0.1, 0.15) is 25.3 Å². The van der Waals surface area contributed by atoms with Crippen LogP contribution in [0.5, 0.6) is 0 Å². The van der Waals surface area contributed by atoms with E-state index in [9.17, 15) is 13.5 Å². The van der Waals surface area contributed by atoms with E-state index in [0.717, 1.165) is 18.7 Å². The van der Waals surface area contributed by atoms with Gasteiger partial charge in [-0.1, -0.05) is 12.1 Å². The van der Waals surface area contributed by atoms with Gasteiger partial charge in [-0.2, -0.15) is 0 Å². The minimum Gasteiger partial charge on any atom is -0.390 e. The van der Waals surface area contributed by atoms with Crippen LogP contribution in [0.2, 0.25) is 0 Å². The van der Waals surface area contributed by atoms with Gasteiger partial charge in [0.15, 0.2) is 9.84 Å². The Morgan fingerprint density at radius 2 is 2.00 bits per heavy atom. The maximum Gasteiger partial charge on any atom is 0.179 e. The summed E-state index contributed by atoms with van der Waals surface area (Å²) in [4.78, 5) is 2.44. The van der Waals surface area contributed by atoms with Crippen LogP contribution in [0.25, 0.3) is 0 Å². The second-order valence-electron chi connectivity index (χ2n) is 6.01. The lowest BCUT2D eigenvalue weighted by atomic mass is 9.94. The molecule has 5 nitrogen and oxygen atoms in total. The van der Waals surface area contributed by atoms with Crippen molar-refractivity contribution in [2.75, 3.05) is 25.4 Å². The van der Waals surface area contributed by atoms with Crippen LogP contribution in [0.15, 0.2) is 29.2 Å². The third-order valence-corrected chi connectivity index (χ3v) is 5.79. The van der Waals surface area contributed by atoms with Crippen molar-refractivity contribution in [1.82, 2.24) is 4.90 Å². The zero-order valence-electron chi connectivity index (χ0n) is 12.5. The number of aliphatic hydroxyl groups is 1. The summed E-state index contributed by atoms with van der Waals surface area (Å²) in [6.07, 6.45) is 1.38. The van der Waals surface area contributed by atoms with Gasteiger partial charge in [0.1, 0.15) is 0 Å². The molecule has 0 spiro atoms. The van der Waals surface area contributed by atoms with Crippen LogP contribution in [0, 0.1) is 0 Å². The Bertz CT molecular complexity index is 574. The summed E-state index contributed by atoms with van der Waals surface area (Å²) in [6.45, 7) is 4.16. The molecular weight excluding hydrogens is 288 g/mol. The average molecular weight is 312 g/mol. The smallest absolute Gasteiger partial charge is 0.179 e. The maximum absolute atomic E-state index is 12.4. The molecular formula is C15H24N2O3S. The second-order valence-corrected chi connectivity index (χ2v) is 8.12. The number of likely N-dealkylation sites (tertiary alicyclic amines) is 1. The first-order valence-electron chi connectivity index (χ1n) is 7.29. The van der Waals surface area contributed by atoms with Crippen LogP contribution in [-0.4, -0.2) is 49.4 Å². The van der Waals surface area contributed by atoms with Crippen LogP contribution >= 0.6 is 0 Å².